The lowest BCUT2D eigenvalue weighted by molar-refractivity contribution is 0.102. The quantitative estimate of drug-likeness (QED) is 0.568. The van der Waals surface area contributed by atoms with Crippen molar-refractivity contribution in [1.82, 2.24) is 0 Å². The summed E-state index contributed by atoms with van der Waals surface area (Å²) in [5.74, 6) is 2.03. The van der Waals surface area contributed by atoms with E-state index in [-0.39, 0.29) is 18.6 Å². The second-order valence-electron chi connectivity index (χ2n) is 6.66. The van der Waals surface area contributed by atoms with Crippen molar-refractivity contribution >= 4 is 11.6 Å². The van der Waals surface area contributed by atoms with Gasteiger partial charge in [-0.1, -0.05) is 13.0 Å². The number of amides is 1. The summed E-state index contributed by atoms with van der Waals surface area (Å²) in [6.45, 7) is 3.87. The lowest BCUT2D eigenvalue weighted by Gasteiger charge is -2.14. The highest BCUT2D eigenvalue weighted by Gasteiger charge is 2.14. The monoisotopic (exact) mass is 395 g/mol. The average molecular weight is 395 g/mol. The summed E-state index contributed by atoms with van der Waals surface area (Å²) in [5, 5.41) is 12.1. The van der Waals surface area contributed by atoms with E-state index in [0.717, 1.165) is 12.0 Å². The normalized spacial score (nSPS) is 11.7. The van der Waals surface area contributed by atoms with Gasteiger partial charge in [0, 0.05) is 17.3 Å². The van der Waals surface area contributed by atoms with Crippen molar-refractivity contribution in [3.63, 3.8) is 0 Å². The molecule has 152 valence electrons. The smallest absolute Gasteiger partial charge is 0.255 e. The van der Waals surface area contributed by atoms with Gasteiger partial charge in [0.2, 0.25) is 0 Å². The van der Waals surface area contributed by atoms with Crippen LogP contribution in [0.1, 0.15) is 36.4 Å². The predicted molar refractivity (Wildman–Crippen MR) is 111 cm³/mol. The summed E-state index contributed by atoms with van der Waals surface area (Å²) in [6, 6.07) is 15.9. The van der Waals surface area contributed by atoms with E-state index >= 15 is 0 Å². The van der Waals surface area contributed by atoms with Crippen LogP contribution in [0.2, 0.25) is 0 Å². The first-order valence-electron chi connectivity index (χ1n) is 9.50. The van der Waals surface area contributed by atoms with Crippen LogP contribution >= 0.6 is 0 Å². The van der Waals surface area contributed by atoms with E-state index in [9.17, 15) is 9.90 Å². The fourth-order valence-electron chi connectivity index (χ4n) is 2.81. The van der Waals surface area contributed by atoms with Crippen LogP contribution in [0.15, 0.2) is 59.0 Å². The van der Waals surface area contributed by atoms with Crippen molar-refractivity contribution in [2.45, 2.75) is 33.0 Å². The van der Waals surface area contributed by atoms with Gasteiger partial charge in [-0.15, -0.1) is 0 Å². The number of carbonyl (C=O) groups excluding carboxylic acids is 1. The molecule has 0 unspecified atom stereocenters. The summed E-state index contributed by atoms with van der Waals surface area (Å²) >= 11 is 0. The molecule has 6 nitrogen and oxygen atoms in total. The Morgan fingerprint density at radius 3 is 2.69 bits per heavy atom. The number of benzene rings is 2. The zero-order valence-corrected chi connectivity index (χ0v) is 16.8. The second-order valence-corrected chi connectivity index (χ2v) is 6.66. The highest BCUT2D eigenvalue weighted by molar-refractivity contribution is 6.04. The maximum absolute atomic E-state index is 12.7. The summed E-state index contributed by atoms with van der Waals surface area (Å²) in [6.07, 6.45) is 0.968. The number of aliphatic hydroxyl groups is 1. The maximum atomic E-state index is 12.7. The maximum Gasteiger partial charge on any atom is 0.255 e. The van der Waals surface area contributed by atoms with Crippen molar-refractivity contribution in [3.05, 3.63) is 65.9 Å². The number of hydrogen-bond donors (Lipinski definition) is 2. The number of methoxy groups -OCH3 is 1. The molecule has 2 N–H and O–H groups in total. The van der Waals surface area contributed by atoms with Crippen molar-refractivity contribution < 1.29 is 23.8 Å². The van der Waals surface area contributed by atoms with E-state index in [2.05, 4.69) is 5.32 Å². The molecule has 0 bridgehead atoms. The molecule has 2 aromatic carbocycles. The van der Waals surface area contributed by atoms with Gasteiger partial charge in [0.05, 0.1) is 18.8 Å². The van der Waals surface area contributed by atoms with Crippen LogP contribution in [0.4, 0.5) is 5.69 Å². The van der Waals surface area contributed by atoms with E-state index in [1.807, 2.05) is 19.9 Å². The van der Waals surface area contributed by atoms with Gasteiger partial charge in [-0.3, -0.25) is 4.79 Å². The van der Waals surface area contributed by atoms with Crippen LogP contribution in [-0.2, 0) is 6.61 Å². The predicted octanol–water partition coefficient (Wildman–Crippen LogP) is 4.88. The van der Waals surface area contributed by atoms with Crippen LogP contribution in [-0.4, -0.2) is 24.2 Å². The minimum absolute atomic E-state index is 0.0815. The first kappa shape index (κ1) is 20.5. The van der Waals surface area contributed by atoms with Gasteiger partial charge in [0.25, 0.3) is 5.91 Å². The number of carbonyl (C=O) groups is 1. The first-order chi connectivity index (χ1) is 14.0. The third-order valence-electron chi connectivity index (χ3n) is 4.55. The molecule has 1 atom stereocenters. The van der Waals surface area contributed by atoms with Gasteiger partial charge in [0.15, 0.2) is 0 Å². The molecule has 0 spiro atoms. The van der Waals surface area contributed by atoms with Gasteiger partial charge in [-0.2, -0.15) is 0 Å². The molecule has 0 radical (unpaired) electrons. The molecule has 0 saturated carbocycles. The number of ether oxygens (including phenoxy) is 2. The van der Waals surface area contributed by atoms with Crippen LogP contribution in [0.25, 0.3) is 11.3 Å². The number of nitrogens with one attached hydrogen (secondary N) is 1. The minimum atomic E-state index is -0.241. The second kappa shape index (κ2) is 9.30. The van der Waals surface area contributed by atoms with E-state index in [0.29, 0.717) is 34.3 Å². The van der Waals surface area contributed by atoms with Crippen molar-refractivity contribution in [1.29, 1.82) is 0 Å². The molecular weight excluding hydrogens is 370 g/mol. The lowest BCUT2D eigenvalue weighted by atomic mass is 10.1. The minimum Gasteiger partial charge on any atom is -0.496 e. The van der Waals surface area contributed by atoms with Crippen molar-refractivity contribution in [2.24, 2.45) is 0 Å². The molecule has 0 aliphatic rings. The van der Waals surface area contributed by atoms with Gasteiger partial charge < -0.3 is 24.3 Å². The molecule has 0 saturated heterocycles. The summed E-state index contributed by atoms with van der Waals surface area (Å²) in [7, 11) is 1.55. The Hall–Kier alpha value is -3.25. The molecule has 3 rings (SSSR count). The molecular formula is C23H25NO5. The molecule has 29 heavy (non-hydrogen) atoms. The molecule has 0 fully saturated rings. The molecule has 6 heteroatoms. The van der Waals surface area contributed by atoms with Gasteiger partial charge >= 0.3 is 0 Å². The Labute approximate surface area is 170 Å². The Balaban J connectivity index is 1.78. The topological polar surface area (TPSA) is 80.9 Å². The molecule has 1 amide bonds. The largest absolute Gasteiger partial charge is 0.496 e. The Bertz CT molecular complexity index is 979. The SMILES string of the molecule is CC[C@H](C)Oc1cccc(C(=O)Nc2ccc(-c3ccc(CO)o3)c(OC)c2)c1. The molecule has 1 aromatic heterocycles. The standard InChI is InChI=1S/C23H25NO5/c1-4-15(2)28-18-7-5-6-16(12-18)23(26)24-17-8-10-20(22(13-17)27-3)21-11-9-19(14-25)29-21/h5-13,15,25H,4,14H2,1-3H3,(H,24,26)/t15-/m0/s1. The molecule has 3 aromatic rings. The van der Waals surface area contributed by atoms with Crippen molar-refractivity contribution in [2.75, 3.05) is 12.4 Å². The van der Waals surface area contributed by atoms with Crippen LogP contribution < -0.4 is 14.8 Å². The number of aliphatic hydroxyl groups excluding tert-OH is 1. The van der Waals surface area contributed by atoms with E-state index in [1.54, 1.807) is 55.6 Å². The van der Waals surface area contributed by atoms with E-state index < -0.39 is 0 Å². The fourth-order valence-corrected chi connectivity index (χ4v) is 2.81. The molecule has 0 aliphatic carbocycles. The van der Waals surface area contributed by atoms with Crippen molar-refractivity contribution in [3.8, 4) is 22.8 Å². The van der Waals surface area contributed by atoms with Crippen LogP contribution in [0, 0.1) is 0 Å². The highest BCUT2D eigenvalue weighted by atomic mass is 16.5. The lowest BCUT2D eigenvalue weighted by Crippen LogP contribution is -2.13. The fraction of sp³-hybridized carbons (Fsp3) is 0.261. The van der Waals surface area contributed by atoms with E-state index in [4.69, 9.17) is 13.9 Å². The number of anilines is 1. The Kier molecular flexibility index (Phi) is 6.57. The summed E-state index contributed by atoms with van der Waals surface area (Å²) in [4.78, 5) is 12.7. The van der Waals surface area contributed by atoms with Crippen LogP contribution in [0.5, 0.6) is 11.5 Å². The zero-order valence-electron chi connectivity index (χ0n) is 16.8. The highest BCUT2D eigenvalue weighted by Crippen LogP contribution is 2.33. The number of rotatable bonds is 8. The van der Waals surface area contributed by atoms with Gasteiger partial charge in [-0.25, -0.2) is 0 Å². The van der Waals surface area contributed by atoms with Crippen LogP contribution in [0.3, 0.4) is 0 Å². The number of furan rings is 1. The Morgan fingerprint density at radius 2 is 2.00 bits per heavy atom. The Morgan fingerprint density at radius 1 is 1.17 bits per heavy atom. The van der Waals surface area contributed by atoms with Gasteiger partial charge in [0.1, 0.15) is 29.6 Å². The van der Waals surface area contributed by atoms with E-state index in [1.165, 1.54) is 0 Å². The number of hydrogen-bond acceptors (Lipinski definition) is 5. The molecule has 0 aliphatic heterocycles. The average Bonchev–Trinajstić information content (AvgIpc) is 3.22. The van der Waals surface area contributed by atoms with Gasteiger partial charge in [-0.05, 0) is 55.8 Å². The summed E-state index contributed by atoms with van der Waals surface area (Å²) in [5.41, 5.74) is 1.83. The first-order valence-corrected chi connectivity index (χ1v) is 9.50. The molecule has 1 heterocycles. The zero-order chi connectivity index (χ0) is 20.8. The summed E-state index contributed by atoms with van der Waals surface area (Å²) < 4.78 is 16.8. The third kappa shape index (κ3) is 4.97. The third-order valence-corrected chi connectivity index (χ3v) is 4.55.